The summed E-state index contributed by atoms with van der Waals surface area (Å²) in [5.74, 6) is 2.14. The first kappa shape index (κ1) is 17.8. The Morgan fingerprint density at radius 3 is 2.67 bits per heavy atom. The van der Waals surface area contributed by atoms with Gasteiger partial charge >= 0.3 is 0 Å². The summed E-state index contributed by atoms with van der Waals surface area (Å²) in [4.78, 5) is 16.9. The molecule has 2 saturated heterocycles. The molecule has 4 heterocycles. The third kappa shape index (κ3) is 3.46. The van der Waals surface area contributed by atoms with Crippen LogP contribution in [0.5, 0.6) is 0 Å². The maximum atomic E-state index is 5.98. The van der Waals surface area contributed by atoms with Gasteiger partial charge in [0.1, 0.15) is 30.3 Å². The summed E-state index contributed by atoms with van der Waals surface area (Å²) in [6, 6.07) is 0. The molecule has 146 valence electrons. The van der Waals surface area contributed by atoms with Crippen molar-refractivity contribution in [1.29, 1.82) is 0 Å². The van der Waals surface area contributed by atoms with Gasteiger partial charge in [-0.05, 0) is 38.7 Å². The van der Waals surface area contributed by atoms with Crippen LogP contribution in [0.4, 0.5) is 5.82 Å². The van der Waals surface area contributed by atoms with Crippen LogP contribution in [0.25, 0.3) is 10.2 Å². The summed E-state index contributed by atoms with van der Waals surface area (Å²) in [7, 11) is 0. The van der Waals surface area contributed by atoms with Crippen molar-refractivity contribution >= 4 is 27.4 Å². The van der Waals surface area contributed by atoms with Gasteiger partial charge in [-0.3, -0.25) is 0 Å². The number of quaternary nitrogens is 1. The van der Waals surface area contributed by atoms with Crippen LogP contribution in [0.2, 0.25) is 0 Å². The van der Waals surface area contributed by atoms with E-state index in [2.05, 4.69) is 18.7 Å². The number of morpholine rings is 2. The van der Waals surface area contributed by atoms with E-state index in [9.17, 15) is 0 Å². The van der Waals surface area contributed by atoms with Gasteiger partial charge in [-0.2, -0.15) is 0 Å². The van der Waals surface area contributed by atoms with Crippen molar-refractivity contribution in [3.05, 3.63) is 16.3 Å². The van der Waals surface area contributed by atoms with Crippen LogP contribution >= 0.6 is 11.3 Å². The van der Waals surface area contributed by atoms with Crippen LogP contribution in [0.3, 0.4) is 0 Å². The van der Waals surface area contributed by atoms with Crippen LogP contribution in [0.15, 0.2) is 0 Å². The zero-order valence-corrected chi connectivity index (χ0v) is 17.1. The highest BCUT2D eigenvalue weighted by molar-refractivity contribution is 7.19. The van der Waals surface area contributed by atoms with Crippen LogP contribution in [0, 0.1) is 0 Å². The smallest absolute Gasteiger partial charge is 0.187 e. The second-order valence-corrected chi connectivity index (χ2v) is 9.29. The normalized spacial score (nSPS) is 26.7. The number of aryl methyl sites for hydroxylation is 2. The molecule has 0 bridgehead atoms. The van der Waals surface area contributed by atoms with Crippen molar-refractivity contribution in [2.45, 2.75) is 51.9 Å². The summed E-state index contributed by atoms with van der Waals surface area (Å²) < 4.78 is 11.5. The van der Waals surface area contributed by atoms with E-state index in [-0.39, 0.29) is 12.2 Å². The zero-order chi connectivity index (χ0) is 18.4. The van der Waals surface area contributed by atoms with Crippen molar-refractivity contribution < 1.29 is 14.4 Å². The fourth-order valence-electron chi connectivity index (χ4n) is 4.74. The number of hydrogen-bond donors (Lipinski definition) is 1. The molecule has 2 atom stereocenters. The average molecular weight is 390 g/mol. The van der Waals surface area contributed by atoms with Gasteiger partial charge in [0, 0.05) is 18.0 Å². The topological polar surface area (TPSA) is 51.9 Å². The predicted octanol–water partition coefficient (Wildman–Crippen LogP) is 1.21. The predicted molar refractivity (Wildman–Crippen MR) is 107 cm³/mol. The Bertz CT molecular complexity index is 823. The molecule has 2 aliphatic heterocycles. The van der Waals surface area contributed by atoms with E-state index in [0.717, 1.165) is 57.6 Å². The summed E-state index contributed by atoms with van der Waals surface area (Å²) >= 11 is 1.90. The fourth-order valence-corrected chi connectivity index (χ4v) is 6.01. The molecule has 5 rings (SSSR count). The Balaban J connectivity index is 1.55. The first-order valence-electron chi connectivity index (χ1n) is 10.3. The number of hydrogen-bond acceptors (Lipinski definition) is 6. The molecular formula is C20H29N4O2S+. The average Bonchev–Trinajstić information content (AvgIpc) is 3.22. The molecule has 0 saturated carbocycles. The van der Waals surface area contributed by atoms with Gasteiger partial charge in [0.2, 0.25) is 0 Å². The molecule has 1 aliphatic carbocycles. The molecule has 0 radical (unpaired) electrons. The first-order chi connectivity index (χ1) is 13.2. The third-order valence-corrected chi connectivity index (χ3v) is 7.10. The number of aromatic nitrogens is 2. The number of fused-ring (bicyclic) bond motifs is 3. The van der Waals surface area contributed by atoms with Crippen LogP contribution in [-0.4, -0.2) is 61.6 Å². The molecule has 7 heteroatoms. The summed E-state index contributed by atoms with van der Waals surface area (Å²) in [5, 5.41) is 1.33. The largest absolute Gasteiger partial charge is 0.372 e. The second kappa shape index (κ2) is 7.28. The SMILES string of the molecule is C[C@@H]1CN(c2nc(C[NH+]3CCOCC3)nc3sc4c(c23)CCC4)C[C@@H](C)O1. The lowest BCUT2D eigenvalue weighted by Crippen LogP contribution is -3.12. The second-order valence-electron chi connectivity index (χ2n) is 8.20. The Labute approximate surface area is 164 Å². The molecular weight excluding hydrogens is 360 g/mol. The molecule has 0 unspecified atom stereocenters. The standard InChI is InChI=1S/C20H28N4O2S/c1-13-10-24(11-14(2)26-13)19-18-15-4-3-5-16(15)27-20(18)22-17(21-19)12-23-6-8-25-9-7-23/h13-14H,3-12H2,1-2H3/p+1/t13-,14-/m1/s1. The molecule has 2 aromatic rings. The van der Waals surface area contributed by atoms with Gasteiger partial charge in [-0.1, -0.05) is 0 Å². The third-order valence-electron chi connectivity index (χ3n) is 5.92. The molecule has 6 nitrogen and oxygen atoms in total. The number of anilines is 1. The van der Waals surface area contributed by atoms with Gasteiger partial charge in [-0.15, -0.1) is 11.3 Å². The molecule has 0 amide bonds. The number of nitrogens with zero attached hydrogens (tertiary/aromatic N) is 3. The molecule has 0 aromatic carbocycles. The van der Waals surface area contributed by atoms with Crippen LogP contribution in [0.1, 0.15) is 36.5 Å². The van der Waals surface area contributed by atoms with Crippen molar-refractivity contribution in [3.63, 3.8) is 0 Å². The van der Waals surface area contributed by atoms with Gasteiger partial charge < -0.3 is 19.3 Å². The molecule has 1 N–H and O–H groups in total. The highest BCUT2D eigenvalue weighted by Crippen LogP contribution is 2.41. The van der Waals surface area contributed by atoms with E-state index in [1.54, 1.807) is 0 Å². The van der Waals surface area contributed by atoms with E-state index in [1.165, 1.54) is 44.8 Å². The van der Waals surface area contributed by atoms with Crippen molar-refractivity contribution in [2.24, 2.45) is 0 Å². The quantitative estimate of drug-likeness (QED) is 0.855. The first-order valence-corrected chi connectivity index (χ1v) is 11.1. The maximum absolute atomic E-state index is 5.98. The Morgan fingerprint density at radius 1 is 1.11 bits per heavy atom. The van der Waals surface area contributed by atoms with Gasteiger partial charge in [-0.25, -0.2) is 9.97 Å². The number of rotatable bonds is 3. The van der Waals surface area contributed by atoms with Gasteiger partial charge in [0.15, 0.2) is 5.82 Å². The summed E-state index contributed by atoms with van der Waals surface area (Å²) in [6.07, 6.45) is 4.12. The van der Waals surface area contributed by atoms with E-state index < -0.39 is 0 Å². The van der Waals surface area contributed by atoms with E-state index in [0.29, 0.717) is 0 Å². The minimum Gasteiger partial charge on any atom is -0.372 e. The van der Waals surface area contributed by atoms with E-state index >= 15 is 0 Å². The van der Waals surface area contributed by atoms with Gasteiger partial charge in [0.05, 0.1) is 30.8 Å². The minimum absolute atomic E-state index is 0.235. The van der Waals surface area contributed by atoms with E-state index in [1.807, 2.05) is 11.3 Å². The Hall–Kier alpha value is -1.28. The Kier molecular flexibility index (Phi) is 4.80. The molecule has 27 heavy (non-hydrogen) atoms. The number of thiophene rings is 1. The fraction of sp³-hybridized carbons (Fsp3) is 0.700. The lowest BCUT2D eigenvalue weighted by Gasteiger charge is -2.36. The van der Waals surface area contributed by atoms with Crippen LogP contribution in [-0.2, 0) is 28.9 Å². The summed E-state index contributed by atoms with van der Waals surface area (Å²) in [6.45, 7) is 10.8. The zero-order valence-electron chi connectivity index (χ0n) is 16.3. The summed E-state index contributed by atoms with van der Waals surface area (Å²) in [5.41, 5.74) is 1.52. The van der Waals surface area contributed by atoms with E-state index in [4.69, 9.17) is 19.4 Å². The van der Waals surface area contributed by atoms with Crippen molar-refractivity contribution in [3.8, 4) is 0 Å². The van der Waals surface area contributed by atoms with Crippen molar-refractivity contribution in [1.82, 2.24) is 9.97 Å². The van der Waals surface area contributed by atoms with Crippen molar-refractivity contribution in [2.75, 3.05) is 44.3 Å². The maximum Gasteiger partial charge on any atom is 0.187 e. The Morgan fingerprint density at radius 2 is 1.89 bits per heavy atom. The highest BCUT2D eigenvalue weighted by atomic mass is 32.1. The monoisotopic (exact) mass is 389 g/mol. The van der Waals surface area contributed by atoms with Crippen LogP contribution < -0.4 is 9.80 Å². The minimum atomic E-state index is 0.235. The molecule has 0 spiro atoms. The molecule has 2 aromatic heterocycles. The number of ether oxygens (including phenoxy) is 2. The lowest BCUT2D eigenvalue weighted by atomic mass is 10.1. The highest BCUT2D eigenvalue weighted by Gasteiger charge is 2.29. The van der Waals surface area contributed by atoms with Gasteiger partial charge in [0.25, 0.3) is 0 Å². The molecule has 3 aliphatic rings. The number of nitrogens with one attached hydrogen (secondary N) is 1. The lowest BCUT2D eigenvalue weighted by molar-refractivity contribution is -0.922. The molecule has 2 fully saturated rings.